The van der Waals surface area contributed by atoms with Gasteiger partial charge in [-0.25, -0.2) is 4.79 Å². The van der Waals surface area contributed by atoms with Gasteiger partial charge in [0.25, 0.3) is 0 Å². The summed E-state index contributed by atoms with van der Waals surface area (Å²) in [5, 5.41) is 2.51. The van der Waals surface area contributed by atoms with Gasteiger partial charge in [0.2, 0.25) is 5.91 Å². The van der Waals surface area contributed by atoms with Crippen molar-refractivity contribution in [3.8, 4) is 0 Å². The smallest absolute Gasteiger partial charge is 0.408 e. The lowest BCUT2D eigenvalue weighted by atomic mass is 10.1. The van der Waals surface area contributed by atoms with Gasteiger partial charge in [-0.15, -0.1) is 0 Å². The summed E-state index contributed by atoms with van der Waals surface area (Å²) >= 11 is 0. The number of likely N-dealkylation sites (tertiary alicyclic amines) is 1. The van der Waals surface area contributed by atoms with E-state index in [2.05, 4.69) is 5.32 Å². The van der Waals surface area contributed by atoms with Gasteiger partial charge in [-0.1, -0.05) is 0 Å². The molecule has 0 aliphatic carbocycles. The number of amides is 2. The number of rotatable bonds is 3. The molecule has 6 nitrogen and oxygen atoms in total. The third kappa shape index (κ3) is 4.51. The van der Waals surface area contributed by atoms with Gasteiger partial charge in [0.05, 0.1) is 6.04 Å². The topological polar surface area (TPSA) is 75.7 Å². The number of hydrogen-bond donors (Lipinski definition) is 1. The van der Waals surface area contributed by atoms with Crippen LogP contribution in [0.4, 0.5) is 4.79 Å². The largest absolute Gasteiger partial charge is 0.444 e. The van der Waals surface area contributed by atoms with E-state index in [9.17, 15) is 14.4 Å². The van der Waals surface area contributed by atoms with Crippen LogP contribution in [0.3, 0.4) is 0 Å². The molecule has 2 amide bonds. The maximum Gasteiger partial charge on any atom is 0.408 e. The molecule has 0 aromatic rings. The summed E-state index contributed by atoms with van der Waals surface area (Å²) in [6.45, 7) is 8.91. The SMILES string of the molecule is CC(=O)C1CCCN1C(=O)[C@H](C)NC(=O)OC(C)(C)C. The Morgan fingerprint density at radius 2 is 1.90 bits per heavy atom. The van der Waals surface area contributed by atoms with Gasteiger partial charge < -0.3 is 15.0 Å². The number of alkyl carbamates (subject to hydrolysis) is 1. The molecule has 1 saturated heterocycles. The highest BCUT2D eigenvalue weighted by atomic mass is 16.6. The second kappa shape index (κ2) is 6.24. The van der Waals surface area contributed by atoms with E-state index in [1.54, 1.807) is 32.6 Å². The highest BCUT2D eigenvalue weighted by Crippen LogP contribution is 2.19. The molecule has 0 spiro atoms. The third-order valence-electron chi connectivity index (χ3n) is 3.11. The normalized spacial score (nSPS) is 20.4. The minimum absolute atomic E-state index is 0.0136. The average molecular weight is 284 g/mol. The van der Waals surface area contributed by atoms with Crippen molar-refractivity contribution in [1.82, 2.24) is 10.2 Å². The lowest BCUT2D eigenvalue weighted by Crippen LogP contribution is -2.50. The zero-order chi connectivity index (χ0) is 15.5. The van der Waals surface area contributed by atoms with Crippen molar-refractivity contribution >= 4 is 17.8 Å². The summed E-state index contributed by atoms with van der Waals surface area (Å²) in [6, 6.07) is -1.06. The second-order valence-electron chi connectivity index (χ2n) is 6.17. The first-order valence-electron chi connectivity index (χ1n) is 6.92. The molecule has 1 N–H and O–H groups in total. The van der Waals surface area contributed by atoms with E-state index in [0.717, 1.165) is 6.42 Å². The van der Waals surface area contributed by atoms with Crippen molar-refractivity contribution in [2.24, 2.45) is 0 Å². The minimum Gasteiger partial charge on any atom is -0.444 e. The van der Waals surface area contributed by atoms with Crippen LogP contribution in [-0.2, 0) is 14.3 Å². The van der Waals surface area contributed by atoms with Gasteiger partial charge in [-0.05, 0) is 47.5 Å². The third-order valence-corrected chi connectivity index (χ3v) is 3.11. The molecule has 1 fully saturated rings. The van der Waals surface area contributed by atoms with E-state index >= 15 is 0 Å². The number of ether oxygens (including phenoxy) is 1. The molecule has 0 radical (unpaired) electrons. The Morgan fingerprint density at radius 1 is 1.30 bits per heavy atom. The molecule has 114 valence electrons. The van der Waals surface area contributed by atoms with Crippen LogP contribution in [0.5, 0.6) is 0 Å². The number of nitrogens with one attached hydrogen (secondary N) is 1. The number of carbonyl (C=O) groups excluding carboxylic acids is 3. The van der Waals surface area contributed by atoms with Gasteiger partial charge in [-0.3, -0.25) is 9.59 Å². The zero-order valence-electron chi connectivity index (χ0n) is 12.9. The number of hydrogen-bond acceptors (Lipinski definition) is 4. The predicted molar refractivity (Wildman–Crippen MR) is 74.2 cm³/mol. The Balaban J connectivity index is 2.59. The molecule has 0 saturated carbocycles. The summed E-state index contributed by atoms with van der Waals surface area (Å²) in [7, 11) is 0. The van der Waals surface area contributed by atoms with Gasteiger partial charge in [0.15, 0.2) is 5.78 Å². The van der Waals surface area contributed by atoms with E-state index in [1.807, 2.05) is 0 Å². The molecular formula is C14H24N2O4. The van der Waals surface area contributed by atoms with Crippen LogP contribution in [0.15, 0.2) is 0 Å². The maximum atomic E-state index is 12.3. The van der Waals surface area contributed by atoms with Crippen LogP contribution in [0.1, 0.15) is 47.5 Å². The van der Waals surface area contributed by atoms with Gasteiger partial charge in [0, 0.05) is 6.54 Å². The van der Waals surface area contributed by atoms with E-state index < -0.39 is 17.7 Å². The molecule has 0 aromatic carbocycles. The highest BCUT2D eigenvalue weighted by molar-refractivity contribution is 5.91. The van der Waals surface area contributed by atoms with E-state index in [1.165, 1.54) is 6.92 Å². The standard InChI is InChI=1S/C14H24N2O4/c1-9(15-13(19)20-14(3,4)5)12(18)16-8-6-7-11(16)10(2)17/h9,11H,6-8H2,1-5H3,(H,15,19)/t9-,11?/m0/s1. The number of ketones is 1. The van der Waals surface area contributed by atoms with E-state index in [4.69, 9.17) is 4.74 Å². The van der Waals surface area contributed by atoms with Crippen LogP contribution >= 0.6 is 0 Å². The molecule has 0 bridgehead atoms. The molecule has 1 heterocycles. The van der Waals surface area contributed by atoms with Crippen molar-refractivity contribution < 1.29 is 19.1 Å². The molecule has 1 aliphatic heterocycles. The number of nitrogens with zero attached hydrogens (tertiary/aromatic N) is 1. The lowest BCUT2D eigenvalue weighted by molar-refractivity contribution is -0.138. The van der Waals surface area contributed by atoms with Gasteiger partial charge in [-0.2, -0.15) is 0 Å². The fourth-order valence-corrected chi connectivity index (χ4v) is 2.25. The van der Waals surface area contributed by atoms with Crippen molar-refractivity contribution in [1.29, 1.82) is 0 Å². The van der Waals surface area contributed by atoms with E-state index in [0.29, 0.717) is 13.0 Å². The van der Waals surface area contributed by atoms with Crippen LogP contribution in [0.2, 0.25) is 0 Å². The van der Waals surface area contributed by atoms with Crippen molar-refractivity contribution in [2.45, 2.75) is 65.1 Å². The molecule has 6 heteroatoms. The van der Waals surface area contributed by atoms with Crippen molar-refractivity contribution in [3.05, 3.63) is 0 Å². The van der Waals surface area contributed by atoms with Gasteiger partial charge >= 0.3 is 6.09 Å². The average Bonchev–Trinajstić information content (AvgIpc) is 2.73. The summed E-state index contributed by atoms with van der Waals surface area (Å²) < 4.78 is 5.11. The lowest BCUT2D eigenvalue weighted by Gasteiger charge is -2.27. The molecular weight excluding hydrogens is 260 g/mol. The Kier molecular flexibility index (Phi) is 5.14. The Labute approximate surface area is 119 Å². The molecule has 1 aliphatic rings. The first-order chi connectivity index (χ1) is 9.11. The highest BCUT2D eigenvalue weighted by Gasteiger charge is 2.34. The Hall–Kier alpha value is -1.59. The van der Waals surface area contributed by atoms with Gasteiger partial charge in [0.1, 0.15) is 11.6 Å². The molecule has 20 heavy (non-hydrogen) atoms. The maximum absolute atomic E-state index is 12.3. The van der Waals surface area contributed by atoms with Crippen molar-refractivity contribution in [3.63, 3.8) is 0 Å². The van der Waals surface area contributed by atoms with E-state index in [-0.39, 0.29) is 17.7 Å². The summed E-state index contributed by atoms with van der Waals surface area (Å²) in [5.74, 6) is -0.256. The summed E-state index contributed by atoms with van der Waals surface area (Å²) in [4.78, 5) is 36.9. The van der Waals surface area contributed by atoms with Crippen molar-refractivity contribution in [2.75, 3.05) is 6.54 Å². The van der Waals surface area contributed by atoms with Crippen LogP contribution in [0.25, 0.3) is 0 Å². The van der Waals surface area contributed by atoms with Crippen LogP contribution in [0, 0.1) is 0 Å². The molecule has 0 aromatic heterocycles. The molecule has 1 rings (SSSR count). The first-order valence-corrected chi connectivity index (χ1v) is 6.92. The summed E-state index contributed by atoms with van der Waals surface area (Å²) in [5.41, 5.74) is -0.609. The quantitative estimate of drug-likeness (QED) is 0.851. The first kappa shape index (κ1) is 16.5. The number of carbonyl (C=O) groups is 3. The fraction of sp³-hybridized carbons (Fsp3) is 0.786. The predicted octanol–water partition coefficient (Wildman–Crippen LogP) is 1.48. The second-order valence-corrected chi connectivity index (χ2v) is 6.17. The summed E-state index contributed by atoms with van der Waals surface area (Å²) in [6.07, 6.45) is 0.881. The zero-order valence-corrected chi connectivity index (χ0v) is 12.9. The molecule has 1 unspecified atom stereocenters. The Bertz CT molecular complexity index is 400. The fourth-order valence-electron chi connectivity index (χ4n) is 2.25. The number of Topliss-reactive ketones (excluding diaryl/α,β-unsaturated/α-hetero) is 1. The Morgan fingerprint density at radius 3 is 2.40 bits per heavy atom. The van der Waals surface area contributed by atoms with Crippen LogP contribution < -0.4 is 5.32 Å². The minimum atomic E-state index is -0.704. The molecule has 2 atom stereocenters. The monoisotopic (exact) mass is 284 g/mol. The van der Waals surface area contributed by atoms with Crippen LogP contribution in [-0.4, -0.2) is 46.9 Å².